The molecule has 0 amide bonds. The number of sulfone groups is 1. The van der Waals surface area contributed by atoms with Gasteiger partial charge in [0.1, 0.15) is 22.9 Å². The van der Waals surface area contributed by atoms with Crippen molar-refractivity contribution in [3.8, 4) is 34.1 Å². The number of phenols is 1. The number of ether oxygens (including phenoxy) is 1. The number of hydrogen-bond donors (Lipinski definition) is 1. The van der Waals surface area contributed by atoms with Crippen molar-refractivity contribution in [2.24, 2.45) is 0 Å². The zero-order valence-electron chi connectivity index (χ0n) is 19.1. The minimum Gasteiger partial charge on any atom is -0.506 e. The number of esters is 1. The van der Waals surface area contributed by atoms with Gasteiger partial charge in [0.2, 0.25) is 9.84 Å². The van der Waals surface area contributed by atoms with Crippen LogP contribution in [0.2, 0.25) is 5.02 Å². The maximum absolute atomic E-state index is 14.2. The van der Waals surface area contributed by atoms with Gasteiger partial charge in [-0.05, 0) is 42.3 Å². The molecule has 0 aromatic heterocycles. The smallest absolute Gasteiger partial charge is 0.342 e. The van der Waals surface area contributed by atoms with E-state index in [-0.39, 0.29) is 33.1 Å². The molecule has 8 heteroatoms. The molecule has 0 spiro atoms. The Hall–Kier alpha value is -4.12. The van der Waals surface area contributed by atoms with Crippen molar-refractivity contribution in [2.45, 2.75) is 16.7 Å². The molecule has 0 aliphatic heterocycles. The number of hydrogen-bond acceptors (Lipinski definition) is 6. The van der Waals surface area contributed by atoms with Crippen molar-refractivity contribution in [3.05, 3.63) is 101 Å². The zero-order chi connectivity index (χ0) is 25.9. The van der Waals surface area contributed by atoms with E-state index in [9.17, 15) is 23.6 Å². The molecule has 4 aromatic carbocycles. The fraction of sp³-hybridized carbons (Fsp3) is 0.0714. The number of carbonyl (C=O) groups is 1. The molecule has 0 saturated heterocycles. The first-order chi connectivity index (χ1) is 17.3. The van der Waals surface area contributed by atoms with Crippen molar-refractivity contribution in [2.75, 3.05) is 6.61 Å². The molecular formula is C28H20ClNO5S. The van der Waals surface area contributed by atoms with Crippen molar-refractivity contribution >= 4 is 27.4 Å². The van der Waals surface area contributed by atoms with Crippen LogP contribution in [0.4, 0.5) is 0 Å². The second kappa shape index (κ2) is 10.2. The number of carbonyl (C=O) groups excluding carboxylic acids is 1. The molecule has 36 heavy (non-hydrogen) atoms. The molecule has 0 aliphatic carbocycles. The van der Waals surface area contributed by atoms with Crippen molar-refractivity contribution in [1.29, 1.82) is 5.26 Å². The first kappa shape index (κ1) is 25.0. The van der Waals surface area contributed by atoms with Gasteiger partial charge in [-0.1, -0.05) is 72.3 Å². The number of nitrogens with zero attached hydrogens (tertiary/aromatic N) is 1. The lowest BCUT2D eigenvalue weighted by Crippen LogP contribution is -2.14. The highest BCUT2D eigenvalue weighted by Crippen LogP contribution is 2.47. The number of phenolic OH excluding ortho intramolecular Hbond substituents is 1. The van der Waals surface area contributed by atoms with Gasteiger partial charge in [0.05, 0.1) is 16.4 Å². The Morgan fingerprint density at radius 2 is 1.47 bits per heavy atom. The molecule has 0 saturated carbocycles. The van der Waals surface area contributed by atoms with E-state index in [1.807, 2.05) is 6.07 Å². The molecule has 0 unspecified atom stereocenters. The molecule has 1 N–H and O–H groups in total. The first-order valence-electron chi connectivity index (χ1n) is 10.9. The Kier molecular flexibility index (Phi) is 7.11. The van der Waals surface area contributed by atoms with Gasteiger partial charge in [0.25, 0.3) is 0 Å². The van der Waals surface area contributed by atoms with E-state index in [1.54, 1.807) is 79.7 Å². The molecule has 0 fully saturated rings. The van der Waals surface area contributed by atoms with Gasteiger partial charge in [-0.2, -0.15) is 5.26 Å². The third-order valence-electron chi connectivity index (χ3n) is 5.54. The van der Waals surface area contributed by atoms with Gasteiger partial charge in [-0.25, -0.2) is 13.2 Å². The Morgan fingerprint density at radius 3 is 2.03 bits per heavy atom. The maximum atomic E-state index is 14.2. The van der Waals surface area contributed by atoms with E-state index in [4.69, 9.17) is 16.3 Å². The lowest BCUT2D eigenvalue weighted by Gasteiger charge is -2.22. The Morgan fingerprint density at radius 1 is 0.917 bits per heavy atom. The number of benzene rings is 4. The Labute approximate surface area is 213 Å². The van der Waals surface area contributed by atoms with Crippen molar-refractivity contribution in [1.82, 2.24) is 0 Å². The molecule has 180 valence electrons. The van der Waals surface area contributed by atoms with Crippen LogP contribution in [0.1, 0.15) is 22.8 Å². The van der Waals surface area contributed by atoms with E-state index in [0.717, 1.165) is 0 Å². The third kappa shape index (κ3) is 4.44. The summed E-state index contributed by atoms with van der Waals surface area (Å²) in [4.78, 5) is 12.8. The van der Waals surface area contributed by atoms with E-state index in [2.05, 4.69) is 0 Å². The number of aromatic hydroxyl groups is 1. The van der Waals surface area contributed by atoms with Crippen LogP contribution in [0.5, 0.6) is 5.75 Å². The first-order valence-corrected chi connectivity index (χ1v) is 12.8. The maximum Gasteiger partial charge on any atom is 0.342 e. The van der Waals surface area contributed by atoms with Crippen LogP contribution in [-0.4, -0.2) is 26.1 Å². The van der Waals surface area contributed by atoms with Crippen LogP contribution >= 0.6 is 11.6 Å². The van der Waals surface area contributed by atoms with Gasteiger partial charge < -0.3 is 9.84 Å². The average Bonchev–Trinajstić information content (AvgIpc) is 2.89. The normalized spacial score (nSPS) is 11.0. The van der Waals surface area contributed by atoms with Crippen LogP contribution in [0.15, 0.2) is 94.7 Å². The standard InChI is InChI=1S/C28H20ClNO5S/c1-2-35-28(32)25-24(18-9-5-3-6-10-18)27(36(33,34)21-11-7-4-8-12-21)23(22(17-30)26(25)31)19-13-15-20(29)16-14-19/h3-16,31H,2H2,1H3. The average molecular weight is 518 g/mol. The summed E-state index contributed by atoms with van der Waals surface area (Å²) in [5.74, 6) is -1.61. The van der Waals surface area contributed by atoms with Gasteiger partial charge in [0.15, 0.2) is 0 Å². The van der Waals surface area contributed by atoms with Crippen LogP contribution in [-0.2, 0) is 14.6 Å². The van der Waals surface area contributed by atoms with Crippen LogP contribution in [0.25, 0.3) is 22.3 Å². The lowest BCUT2D eigenvalue weighted by molar-refractivity contribution is 0.0523. The Balaban J connectivity index is 2.30. The molecule has 4 aromatic rings. The predicted molar refractivity (Wildman–Crippen MR) is 137 cm³/mol. The monoisotopic (exact) mass is 517 g/mol. The van der Waals surface area contributed by atoms with Crippen LogP contribution < -0.4 is 0 Å². The fourth-order valence-electron chi connectivity index (χ4n) is 3.98. The summed E-state index contributed by atoms with van der Waals surface area (Å²) in [6.45, 7) is 1.57. The highest BCUT2D eigenvalue weighted by molar-refractivity contribution is 7.91. The molecule has 0 bridgehead atoms. The number of nitriles is 1. The van der Waals surface area contributed by atoms with Crippen molar-refractivity contribution in [3.63, 3.8) is 0 Å². The zero-order valence-corrected chi connectivity index (χ0v) is 20.7. The van der Waals surface area contributed by atoms with E-state index in [1.165, 1.54) is 12.1 Å². The SMILES string of the molecule is CCOC(=O)c1c(O)c(C#N)c(-c2ccc(Cl)cc2)c(S(=O)(=O)c2ccccc2)c1-c1ccccc1. The molecular weight excluding hydrogens is 498 g/mol. The van der Waals surface area contributed by atoms with E-state index >= 15 is 0 Å². The molecule has 0 atom stereocenters. The summed E-state index contributed by atoms with van der Waals surface area (Å²) in [5, 5.41) is 21.7. The minimum absolute atomic E-state index is 0.0197. The number of halogens is 1. The van der Waals surface area contributed by atoms with Gasteiger partial charge in [-0.3, -0.25) is 0 Å². The molecule has 0 aliphatic rings. The highest BCUT2D eigenvalue weighted by Gasteiger charge is 2.36. The fourth-order valence-corrected chi connectivity index (χ4v) is 5.84. The third-order valence-corrected chi connectivity index (χ3v) is 7.63. The topological polar surface area (TPSA) is 104 Å². The van der Waals surface area contributed by atoms with Crippen LogP contribution in [0, 0.1) is 11.3 Å². The second-order valence-corrected chi connectivity index (χ2v) is 10.0. The highest BCUT2D eigenvalue weighted by atomic mass is 35.5. The Bertz CT molecular complexity index is 1580. The van der Waals surface area contributed by atoms with Gasteiger partial charge in [0, 0.05) is 16.1 Å². The lowest BCUT2D eigenvalue weighted by atomic mass is 9.89. The summed E-state index contributed by atoms with van der Waals surface area (Å²) in [6.07, 6.45) is 0. The molecule has 0 radical (unpaired) electrons. The molecule has 6 nitrogen and oxygen atoms in total. The van der Waals surface area contributed by atoms with E-state index in [0.29, 0.717) is 16.1 Å². The predicted octanol–water partition coefficient (Wildman–Crippen LogP) is 6.26. The number of rotatable bonds is 6. The minimum atomic E-state index is -4.33. The summed E-state index contributed by atoms with van der Waals surface area (Å²) in [7, 11) is -4.33. The summed E-state index contributed by atoms with van der Waals surface area (Å²) in [6, 6.07) is 24.2. The van der Waals surface area contributed by atoms with E-state index < -0.39 is 27.1 Å². The summed E-state index contributed by atoms with van der Waals surface area (Å²) in [5.41, 5.74) is -0.179. The van der Waals surface area contributed by atoms with Crippen LogP contribution in [0.3, 0.4) is 0 Å². The summed E-state index contributed by atoms with van der Waals surface area (Å²) < 4.78 is 33.6. The van der Waals surface area contributed by atoms with Crippen molar-refractivity contribution < 1.29 is 23.1 Å². The largest absolute Gasteiger partial charge is 0.506 e. The summed E-state index contributed by atoms with van der Waals surface area (Å²) >= 11 is 6.06. The second-order valence-electron chi connectivity index (χ2n) is 7.70. The quantitative estimate of drug-likeness (QED) is 0.303. The molecule has 4 rings (SSSR count). The van der Waals surface area contributed by atoms with Gasteiger partial charge in [-0.15, -0.1) is 0 Å². The molecule has 0 heterocycles. The van der Waals surface area contributed by atoms with Gasteiger partial charge >= 0.3 is 5.97 Å².